The standard InChI is InChI=1S/C29H32Cl2N2O2/c1-20(2)18-32-29(35)27(16-22-7-5-4-6-8-22)33(19-23-11-9-21(3)10-12-23)28(34)17-24-13-14-25(30)26(31)15-24/h4-15,20,27H,16-19H2,1-3H3,(H,32,35)/t27-/m0/s1. The molecule has 0 heterocycles. The highest BCUT2D eigenvalue weighted by Gasteiger charge is 2.30. The fourth-order valence-corrected chi connectivity index (χ4v) is 4.11. The topological polar surface area (TPSA) is 49.4 Å². The number of nitrogens with zero attached hydrogens (tertiary/aromatic N) is 1. The first-order valence-corrected chi connectivity index (χ1v) is 12.6. The van der Waals surface area contributed by atoms with Crippen molar-refractivity contribution >= 4 is 35.0 Å². The molecule has 0 aliphatic carbocycles. The van der Waals surface area contributed by atoms with Crippen LogP contribution >= 0.6 is 23.2 Å². The Morgan fingerprint density at radius 1 is 0.857 bits per heavy atom. The zero-order chi connectivity index (χ0) is 25.4. The van der Waals surface area contributed by atoms with E-state index < -0.39 is 6.04 Å². The van der Waals surface area contributed by atoms with Gasteiger partial charge in [0.15, 0.2) is 0 Å². The van der Waals surface area contributed by atoms with Crippen LogP contribution in [0.25, 0.3) is 0 Å². The van der Waals surface area contributed by atoms with Crippen LogP contribution in [0.3, 0.4) is 0 Å². The number of benzene rings is 3. The van der Waals surface area contributed by atoms with Crippen LogP contribution in [0.2, 0.25) is 10.0 Å². The van der Waals surface area contributed by atoms with E-state index >= 15 is 0 Å². The van der Waals surface area contributed by atoms with Crippen LogP contribution in [-0.2, 0) is 29.0 Å². The fourth-order valence-electron chi connectivity index (χ4n) is 3.79. The number of hydrogen-bond donors (Lipinski definition) is 1. The average Bonchev–Trinajstić information content (AvgIpc) is 2.84. The van der Waals surface area contributed by atoms with Crippen molar-refractivity contribution in [2.45, 2.75) is 46.2 Å². The van der Waals surface area contributed by atoms with E-state index in [0.29, 0.717) is 35.5 Å². The fraction of sp³-hybridized carbons (Fsp3) is 0.310. The van der Waals surface area contributed by atoms with E-state index in [4.69, 9.17) is 23.2 Å². The molecule has 4 nitrogen and oxygen atoms in total. The van der Waals surface area contributed by atoms with Crippen molar-refractivity contribution in [1.82, 2.24) is 10.2 Å². The predicted octanol–water partition coefficient (Wildman–Crippen LogP) is 6.26. The molecule has 0 spiro atoms. The van der Waals surface area contributed by atoms with E-state index in [1.54, 1.807) is 23.1 Å². The molecule has 35 heavy (non-hydrogen) atoms. The molecular weight excluding hydrogens is 479 g/mol. The summed E-state index contributed by atoms with van der Waals surface area (Å²) in [6, 6.07) is 22.4. The van der Waals surface area contributed by atoms with Gasteiger partial charge in [-0.1, -0.05) is 103 Å². The minimum absolute atomic E-state index is 0.117. The molecule has 184 valence electrons. The van der Waals surface area contributed by atoms with Gasteiger partial charge >= 0.3 is 0 Å². The maximum absolute atomic E-state index is 13.7. The first kappa shape index (κ1) is 26.8. The van der Waals surface area contributed by atoms with Crippen molar-refractivity contribution in [3.8, 4) is 0 Å². The van der Waals surface area contributed by atoms with E-state index in [1.165, 1.54) is 0 Å². The molecule has 1 N–H and O–H groups in total. The zero-order valence-corrected chi connectivity index (χ0v) is 21.9. The number of nitrogens with one attached hydrogen (secondary N) is 1. The zero-order valence-electron chi connectivity index (χ0n) is 20.4. The molecule has 3 rings (SSSR count). The van der Waals surface area contributed by atoms with Crippen LogP contribution in [0.5, 0.6) is 0 Å². The number of carbonyl (C=O) groups is 2. The Morgan fingerprint density at radius 2 is 1.51 bits per heavy atom. The Morgan fingerprint density at radius 3 is 2.14 bits per heavy atom. The molecular formula is C29H32Cl2N2O2. The van der Waals surface area contributed by atoms with Gasteiger partial charge in [-0.05, 0) is 41.7 Å². The van der Waals surface area contributed by atoms with Crippen molar-refractivity contribution in [3.63, 3.8) is 0 Å². The smallest absolute Gasteiger partial charge is 0.243 e. The molecule has 0 unspecified atom stereocenters. The lowest BCUT2D eigenvalue weighted by Gasteiger charge is -2.32. The van der Waals surface area contributed by atoms with E-state index in [2.05, 4.69) is 5.32 Å². The average molecular weight is 511 g/mol. The summed E-state index contributed by atoms with van der Waals surface area (Å²) in [6.07, 6.45) is 0.537. The molecule has 0 aliphatic rings. The molecule has 0 bridgehead atoms. The largest absolute Gasteiger partial charge is 0.354 e. The minimum Gasteiger partial charge on any atom is -0.354 e. The molecule has 6 heteroatoms. The Bertz CT molecular complexity index is 1130. The Labute approximate surface area is 218 Å². The summed E-state index contributed by atoms with van der Waals surface area (Å²) in [7, 11) is 0. The van der Waals surface area contributed by atoms with Crippen molar-refractivity contribution in [2.24, 2.45) is 5.92 Å². The molecule has 0 aliphatic heterocycles. The monoisotopic (exact) mass is 510 g/mol. The summed E-state index contributed by atoms with van der Waals surface area (Å²) in [5, 5.41) is 3.88. The second-order valence-corrected chi connectivity index (χ2v) is 10.1. The van der Waals surface area contributed by atoms with E-state index in [9.17, 15) is 9.59 Å². The highest BCUT2D eigenvalue weighted by atomic mass is 35.5. The van der Waals surface area contributed by atoms with Gasteiger partial charge in [-0.2, -0.15) is 0 Å². The Balaban J connectivity index is 1.95. The molecule has 2 amide bonds. The van der Waals surface area contributed by atoms with Crippen LogP contribution in [0.4, 0.5) is 0 Å². The van der Waals surface area contributed by atoms with Crippen molar-refractivity contribution in [2.75, 3.05) is 6.54 Å². The number of aryl methyl sites for hydroxylation is 1. The van der Waals surface area contributed by atoms with Crippen LogP contribution < -0.4 is 5.32 Å². The number of hydrogen-bond acceptors (Lipinski definition) is 2. The van der Waals surface area contributed by atoms with Gasteiger partial charge in [0, 0.05) is 19.5 Å². The second kappa shape index (κ2) is 12.8. The number of halogens is 2. The summed E-state index contributed by atoms with van der Waals surface area (Å²) in [6.45, 7) is 6.99. The SMILES string of the molecule is Cc1ccc(CN(C(=O)Cc2ccc(Cl)c(Cl)c2)[C@@H](Cc2ccccc2)C(=O)NCC(C)C)cc1. The van der Waals surface area contributed by atoms with Crippen LogP contribution in [0, 0.1) is 12.8 Å². The van der Waals surface area contributed by atoms with Gasteiger partial charge in [0.05, 0.1) is 16.5 Å². The second-order valence-electron chi connectivity index (χ2n) is 9.28. The van der Waals surface area contributed by atoms with Gasteiger partial charge < -0.3 is 10.2 Å². The first-order valence-electron chi connectivity index (χ1n) is 11.8. The third-order valence-corrected chi connectivity index (χ3v) is 6.51. The number of amides is 2. The molecule has 0 saturated carbocycles. The normalized spacial score (nSPS) is 11.8. The maximum atomic E-state index is 13.7. The lowest BCUT2D eigenvalue weighted by atomic mass is 10.0. The Hall–Kier alpha value is -2.82. The van der Waals surface area contributed by atoms with Crippen LogP contribution in [0.1, 0.15) is 36.1 Å². The lowest BCUT2D eigenvalue weighted by Crippen LogP contribution is -2.51. The van der Waals surface area contributed by atoms with Gasteiger partial charge in [0.1, 0.15) is 6.04 Å². The molecule has 0 radical (unpaired) electrons. The Kier molecular flexibility index (Phi) is 9.76. The predicted molar refractivity (Wildman–Crippen MR) is 144 cm³/mol. The highest BCUT2D eigenvalue weighted by molar-refractivity contribution is 6.42. The third kappa shape index (κ3) is 8.12. The summed E-state index contributed by atoms with van der Waals surface area (Å²) in [5.74, 6) is -0.00414. The van der Waals surface area contributed by atoms with Crippen molar-refractivity contribution in [1.29, 1.82) is 0 Å². The third-order valence-electron chi connectivity index (χ3n) is 5.77. The quantitative estimate of drug-likeness (QED) is 0.350. The van der Waals surface area contributed by atoms with Gasteiger partial charge in [-0.25, -0.2) is 0 Å². The van der Waals surface area contributed by atoms with E-state index in [1.807, 2.05) is 75.4 Å². The summed E-state index contributed by atoms with van der Waals surface area (Å²) in [4.78, 5) is 28.9. The van der Waals surface area contributed by atoms with Gasteiger partial charge in [-0.3, -0.25) is 9.59 Å². The van der Waals surface area contributed by atoms with Crippen LogP contribution in [0.15, 0.2) is 72.8 Å². The van der Waals surface area contributed by atoms with Crippen LogP contribution in [-0.4, -0.2) is 29.3 Å². The lowest BCUT2D eigenvalue weighted by molar-refractivity contribution is -0.140. The van der Waals surface area contributed by atoms with Gasteiger partial charge in [0.25, 0.3) is 0 Å². The maximum Gasteiger partial charge on any atom is 0.243 e. The summed E-state index contributed by atoms with van der Waals surface area (Å²) >= 11 is 12.3. The number of carbonyl (C=O) groups excluding carboxylic acids is 2. The summed E-state index contributed by atoms with van der Waals surface area (Å²) < 4.78 is 0. The van der Waals surface area contributed by atoms with Crippen molar-refractivity contribution in [3.05, 3.63) is 105 Å². The summed E-state index contributed by atoms with van der Waals surface area (Å²) in [5.41, 5.74) is 3.85. The molecule has 3 aromatic carbocycles. The highest BCUT2D eigenvalue weighted by Crippen LogP contribution is 2.24. The molecule has 0 fully saturated rings. The van der Waals surface area contributed by atoms with Gasteiger partial charge in [0.2, 0.25) is 11.8 Å². The van der Waals surface area contributed by atoms with Gasteiger partial charge in [-0.15, -0.1) is 0 Å². The van der Waals surface area contributed by atoms with E-state index in [-0.39, 0.29) is 18.2 Å². The van der Waals surface area contributed by atoms with E-state index in [0.717, 1.165) is 22.3 Å². The van der Waals surface area contributed by atoms with Crippen molar-refractivity contribution < 1.29 is 9.59 Å². The first-order chi connectivity index (χ1) is 16.7. The minimum atomic E-state index is -0.660. The number of rotatable bonds is 10. The molecule has 3 aromatic rings. The molecule has 0 saturated heterocycles. The molecule has 1 atom stereocenters. The molecule has 0 aromatic heterocycles.